The van der Waals surface area contributed by atoms with Crippen LogP contribution in [0.5, 0.6) is 11.5 Å². The van der Waals surface area contributed by atoms with E-state index < -0.39 is 12.0 Å². The molecule has 30 heavy (non-hydrogen) atoms. The summed E-state index contributed by atoms with van der Waals surface area (Å²) in [5.74, 6) is 0.473. The summed E-state index contributed by atoms with van der Waals surface area (Å²) in [6.45, 7) is 4.77. The Kier molecular flexibility index (Phi) is 5.59. The van der Waals surface area contributed by atoms with Crippen molar-refractivity contribution in [1.29, 1.82) is 0 Å². The molecule has 2 aliphatic rings. The summed E-state index contributed by atoms with van der Waals surface area (Å²) >= 11 is 5.63. The van der Waals surface area contributed by atoms with Crippen LogP contribution in [0.25, 0.3) is 0 Å². The molecule has 1 N–H and O–H groups in total. The molecule has 0 bridgehead atoms. The summed E-state index contributed by atoms with van der Waals surface area (Å²) in [4.78, 5) is 14.6. The lowest BCUT2D eigenvalue weighted by molar-refractivity contribution is -0.139. The highest BCUT2D eigenvalue weighted by Crippen LogP contribution is 2.38. The minimum absolute atomic E-state index is 0.236. The van der Waals surface area contributed by atoms with Crippen LogP contribution in [0.15, 0.2) is 53.7 Å². The number of nitrogens with zero attached hydrogens (tertiary/aromatic N) is 1. The van der Waals surface area contributed by atoms with Gasteiger partial charge in [0.2, 0.25) is 0 Å². The first-order chi connectivity index (χ1) is 14.5. The average molecular weight is 428 g/mol. The molecule has 4 rings (SSSR count). The third kappa shape index (κ3) is 3.70. The number of halogens is 1. The highest BCUT2D eigenvalue weighted by atomic mass is 32.1. The van der Waals surface area contributed by atoms with Gasteiger partial charge in [-0.15, -0.1) is 0 Å². The van der Waals surface area contributed by atoms with Gasteiger partial charge >= 0.3 is 5.97 Å². The molecule has 0 aliphatic carbocycles. The van der Waals surface area contributed by atoms with Crippen LogP contribution in [-0.4, -0.2) is 30.9 Å². The van der Waals surface area contributed by atoms with E-state index in [9.17, 15) is 9.18 Å². The van der Waals surface area contributed by atoms with E-state index in [0.717, 1.165) is 5.69 Å². The predicted octanol–water partition coefficient (Wildman–Crippen LogP) is 3.87. The van der Waals surface area contributed by atoms with Crippen molar-refractivity contribution in [2.24, 2.45) is 0 Å². The summed E-state index contributed by atoms with van der Waals surface area (Å²) in [6.07, 6.45) is 0. The van der Waals surface area contributed by atoms with Gasteiger partial charge in [-0.1, -0.05) is 12.1 Å². The zero-order valence-electron chi connectivity index (χ0n) is 16.6. The van der Waals surface area contributed by atoms with Crippen molar-refractivity contribution >= 4 is 29.0 Å². The second kappa shape index (κ2) is 8.31. The van der Waals surface area contributed by atoms with E-state index in [-0.39, 0.29) is 12.4 Å². The molecule has 0 saturated carbocycles. The molecule has 1 atom stereocenters. The number of esters is 1. The van der Waals surface area contributed by atoms with Gasteiger partial charge in [-0.05, 0) is 55.9 Å². The molecule has 0 fully saturated rings. The predicted molar refractivity (Wildman–Crippen MR) is 114 cm³/mol. The fourth-order valence-corrected chi connectivity index (χ4v) is 3.96. The number of carbonyl (C=O) groups excluding carboxylic acids is 1. The quantitative estimate of drug-likeness (QED) is 0.586. The fraction of sp³-hybridized carbons (Fsp3) is 0.273. The molecule has 0 spiro atoms. The monoisotopic (exact) mass is 428 g/mol. The molecule has 0 saturated heterocycles. The van der Waals surface area contributed by atoms with E-state index >= 15 is 0 Å². The molecular formula is C22H21FN2O4S. The van der Waals surface area contributed by atoms with Gasteiger partial charge in [-0.2, -0.15) is 0 Å². The summed E-state index contributed by atoms with van der Waals surface area (Å²) in [6, 6.07) is 10.9. The number of benzene rings is 2. The average Bonchev–Trinajstić information content (AvgIpc) is 2.74. The van der Waals surface area contributed by atoms with Crippen LogP contribution in [0.2, 0.25) is 0 Å². The highest BCUT2D eigenvalue weighted by Gasteiger charge is 2.35. The number of hydrogen-bond acceptors (Lipinski definition) is 5. The van der Waals surface area contributed by atoms with Crippen LogP contribution in [-0.2, 0) is 9.53 Å². The van der Waals surface area contributed by atoms with Gasteiger partial charge in [0.15, 0.2) is 16.6 Å². The Bertz CT molecular complexity index is 1020. The Hall–Kier alpha value is -3.13. The lowest BCUT2D eigenvalue weighted by atomic mass is 9.94. The summed E-state index contributed by atoms with van der Waals surface area (Å²) in [5.41, 5.74) is 2.48. The first kappa shape index (κ1) is 20.2. The Morgan fingerprint density at radius 1 is 1.20 bits per heavy atom. The maximum atomic E-state index is 13.4. The Morgan fingerprint density at radius 2 is 1.90 bits per heavy atom. The minimum Gasteiger partial charge on any atom is -0.486 e. The molecule has 2 heterocycles. The van der Waals surface area contributed by atoms with Crippen LogP contribution in [0.1, 0.15) is 25.5 Å². The van der Waals surface area contributed by atoms with Crippen LogP contribution < -0.4 is 19.7 Å². The number of allylic oxidation sites excluding steroid dienone is 1. The molecule has 0 aromatic heterocycles. The van der Waals surface area contributed by atoms with Crippen molar-refractivity contribution in [1.82, 2.24) is 5.32 Å². The molecule has 8 heteroatoms. The van der Waals surface area contributed by atoms with Crippen molar-refractivity contribution < 1.29 is 23.4 Å². The zero-order chi connectivity index (χ0) is 21.3. The second-order valence-corrected chi connectivity index (χ2v) is 7.20. The Balaban J connectivity index is 1.79. The van der Waals surface area contributed by atoms with Gasteiger partial charge in [0, 0.05) is 11.8 Å². The van der Waals surface area contributed by atoms with Crippen LogP contribution >= 0.6 is 12.2 Å². The number of hydrogen-bond donors (Lipinski definition) is 1. The van der Waals surface area contributed by atoms with Gasteiger partial charge in [-0.25, -0.2) is 9.18 Å². The first-order valence-electron chi connectivity index (χ1n) is 9.63. The van der Waals surface area contributed by atoms with Crippen molar-refractivity contribution in [3.63, 3.8) is 0 Å². The molecule has 6 nitrogen and oxygen atoms in total. The molecule has 156 valence electrons. The van der Waals surface area contributed by atoms with Crippen LogP contribution in [0.3, 0.4) is 0 Å². The van der Waals surface area contributed by atoms with Crippen LogP contribution in [0.4, 0.5) is 10.1 Å². The molecule has 2 aromatic carbocycles. The van der Waals surface area contributed by atoms with Gasteiger partial charge < -0.3 is 19.5 Å². The van der Waals surface area contributed by atoms with E-state index in [2.05, 4.69) is 5.32 Å². The topological polar surface area (TPSA) is 60.0 Å². The fourth-order valence-electron chi connectivity index (χ4n) is 3.60. The number of carbonyl (C=O) groups is 1. The first-order valence-corrected chi connectivity index (χ1v) is 10.0. The lowest BCUT2D eigenvalue weighted by Crippen LogP contribution is -2.48. The van der Waals surface area contributed by atoms with E-state index in [4.69, 9.17) is 26.4 Å². The van der Waals surface area contributed by atoms with E-state index in [1.807, 2.05) is 25.1 Å². The molecule has 2 aromatic rings. The number of thiocarbonyl (C=S) groups is 1. The number of ether oxygens (including phenoxy) is 3. The van der Waals surface area contributed by atoms with E-state index in [0.29, 0.717) is 46.7 Å². The maximum Gasteiger partial charge on any atom is 0.338 e. The minimum atomic E-state index is -0.550. The van der Waals surface area contributed by atoms with Crippen molar-refractivity contribution in [2.45, 2.75) is 19.9 Å². The number of anilines is 1. The number of rotatable bonds is 4. The molecular weight excluding hydrogens is 407 g/mol. The van der Waals surface area contributed by atoms with Crippen LogP contribution in [0, 0.1) is 5.82 Å². The second-order valence-electron chi connectivity index (χ2n) is 6.82. The lowest BCUT2D eigenvalue weighted by Gasteiger charge is -2.37. The maximum absolute atomic E-state index is 13.4. The van der Waals surface area contributed by atoms with E-state index in [1.165, 1.54) is 12.1 Å². The molecule has 0 unspecified atom stereocenters. The molecule has 0 amide bonds. The van der Waals surface area contributed by atoms with E-state index in [1.54, 1.807) is 24.0 Å². The third-order valence-corrected chi connectivity index (χ3v) is 5.27. The largest absolute Gasteiger partial charge is 0.486 e. The Morgan fingerprint density at radius 3 is 2.60 bits per heavy atom. The molecule has 2 aliphatic heterocycles. The standard InChI is InChI=1S/C22H21FN2O4S/c1-3-27-21(26)19-13(2)25(16-8-9-17-18(12-16)29-11-10-28-17)22(30)24-20(19)14-4-6-15(23)7-5-14/h4-9,12,20H,3,10-11H2,1-2H3,(H,24,30)/t20-/m0/s1. The van der Waals surface area contributed by atoms with Crippen molar-refractivity contribution in [3.8, 4) is 11.5 Å². The number of nitrogens with one attached hydrogen (secondary N) is 1. The number of fused-ring (bicyclic) bond motifs is 1. The zero-order valence-corrected chi connectivity index (χ0v) is 17.4. The van der Waals surface area contributed by atoms with Crippen molar-refractivity contribution in [2.75, 3.05) is 24.7 Å². The van der Waals surface area contributed by atoms with Gasteiger partial charge in [0.25, 0.3) is 0 Å². The summed E-state index contributed by atoms with van der Waals surface area (Å²) in [7, 11) is 0. The highest BCUT2D eigenvalue weighted by molar-refractivity contribution is 7.80. The molecule has 0 radical (unpaired) electrons. The van der Waals surface area contributed by atoms with Gasteiger partial charge in [0.1, 0.15) is 19.0 Å². The summed E-state index contributed by atoms with van der Waals surface area (Å²) in [5, 5.41) is 3.61. The third-order valence-electron chi connectivity index (χ3n) is 4.97. The smallest absolute Gasteiger partial charge is 0.338 e. The normalized spacial score (nSPS) is 18.2. The Labute approximate surface area is 179 Å². The SMILES string of the molecule is CCOC(=O)C1=C(C)N(c2ccc3c(c2)OCCO3)C(=S)N[C@H]1c1ccc(F)cc1. The summed E-state index contributed by atoms with van der Waals surface area (Å²) < 4.78 is 30.0. The van der Waals surface area contributed by atoms with Gasteiger partial charge in [0.05, 0.1) is 23.9 Å². The van der Waals surface area contributed by atoms with Gasteiger partial charge in [-0.3, -0.25) is 4.90 Å². The van der Waals surface area contributed by atoms with Crippen molar-refractivity contribution in [3.05, 3.63) is 65.1 Å².